The molecule has 0 amide bonds. The van der Waals surface area contributed by atoms with Gasteiger partial charge in [-0.15, -0.1) is 11.1 Å². The van der Waals surface area contributed by atoms with Gasteiger partial charge >= 0.3 is 26.2 Å². The molecule has 0 bridgehead atoms. The van der Waals surface area contributed by atoms with Crippen molar-refractivity contribution in [2.75, 3.05) is 0 Å². The smallest absolute Gasteiger partial charge is 1.00 e. The monoisotopic (exact) mass is 460 g/mol. The molecule has 3 aromatic carbocycles. The summed E-state index contributed by atoms with van der Waals surface area (Å²) in [6.45, 7) is 8.66. The van der Waals surface area contributed by atoms with Gasteiger partial charge in [-0.25, -0.2) is 12.1 Å². The van der Waals surface area contributed by atoms with Crippen LogP contribution in [0.15, 0.2) is 54.6 Å². The van der Waals surface area contributed by atoms with E-state index in [-0.39, 0.29) is 51.0 Å². The van der Waals surface area contributed by atoms with Crippen LogP contribution in [0.4, 0.5) is 0 Å². The summed E-state index contributed by atoms with van der Waals surface area (Å²) in [7, 11) is 0. The normalized spacial score (nSPS) is 10.3. The summed E-state index contributed by atoms with van der Waals surface area (Å²) in [5.74, 6) is 0.685. The van der Waals surface area contributed by atoms with Crippen molar-refractivity contribution >= 4 is 0 Å². The molecule has 0 atom stereocenters. The van der Waals surface area contributed by atoms with E-state index in [1.165, 1.54) is 38.9 Å². The van der Waals surface area contributed by atoms with Gasteiger partial charge in [0, 0.05) is 0 Å². The Morgan fingerprint density at radius 1 is 0.962 bits per heavy atom. The number of rotatable bonds is 1. The molecule has 3 heteroatoms. The summed E-state index contributed by atoms with van der Waals surface area (Å²) < 4.78 is 0. The Kier molecular flexibility index (Phi) is 10.9. The van der Waals surface area contributed by atoms with Gasteiger partial charge in [0.15, 0.2) is 0 Å². The number of benzene rings is 2. The maximum Gasteiger partial charge on any atom is 4.00 e. The van der Waals surface area contributed by atoms with Crippen molar-refractivity contribution in [1.82, 2.24) is 0 Å². The fourth-order valence-corrected chi connectivity index (χ4v) is 3.14. The van der Waals surface area contributed by atoms with Crippen LogP contribution in [0.3, 0.4) is 0 Å². The summed E-state index contributed by atoms with van der Waals surface area (Å²) in [5.41, 5.74) is 9.59. The van der Waals surface area contributed by atoms with Gasteiger partial charge in [0.05, 0.1) is 0 Å². The van der Waals surface area contributed by atoms with Crippen LogP contribution in [-0.4, -0.2) is 0 Å². The molecule has 1 aliphatic carbocycles. The molecule has 0 heterocycles. The van der Waals surface area contributed by atoms with Gasteiger partial charge in [-0.1, -0.05) is 50.1 Å². The van der Waals surface area contributed by atoms with E-state index in [2.05, 4.69) is 88.4 Å². The molecular formula is C23H24Cl2Zr. The minimum atomic E-state index is 0. The third-order valence-corrected chi connectivity index (χ3v) is 4.45. The second kappa shape index (κ2) is 11.2. The van der Waals surface area contributed by atoms with E-state index < -0.39 is 0 Å². The van der Waals surface area contributed by atoms with Crippen LogP contribution in [-0.2, 0) is 32.6 Å². The molecule has 0 radical (unpaired) electrons. The number of hydrogen-bond acceptors (Lipinski definition) is 0. The predicted molar refractivity (Wildman–Crippen MR) is 99.1 cm³/mol. The van der Waals surface area contributed by atoms with Crippen molar-refractivity contribution in [2.45, 2.75) is 40.0 Å². The zero-order valence-electron chi connectivity index (χ0n) is 15.7. The van der Waals surface area contributed by atoms with Crippen LogP contribution in [0, 0.1) is 19.9 Å². The van der Waals surface area contributed by atoms with Crippen molar-refractivity contribution in [2.24, 2.45) is 0 Å². The first kappa shape index (κ1) is 25.3. The van der Waals surface area contributed by atoms with Gasteiger partial charge in [0.1, 0.15) is 0 Å². The molecule has 0 N–H and O–H groups in total. The molecular weight excluding hydrogens is 438 g/mol. The molecule has 0 nitrogen and oxygen atoms in total. The van der Waals surface area contributed by atoms with Crippen LogP contribution >= 0.6 is 0 Å². The Balaban J connectivity index is 0.000000497. The van der Waals surface area contributed by atoms with Gasteiger partial charge in [-0.05, 0) is 24.8 Å². The topological polar surface area (TPSA) is 0 Å². The third kappa shape index (κ3) is 5.88. The van der Waals surface area contributed by atoms with Crippen molar-refractivity contribution in [3.8, 4) is 11.1 Å². The molecule has 0 aliphatic heterocycles. The van der Waals surface area contributed by atoms with E-state index >= 15 is 0 Å². The van der Waals surface area contributed by atoms with E-state index in [1.54, 1.807) is 0 Å². The van der Waals surface area contributed by atoms with Gasteiger partial charge in [-0.2, -0.15) is 41.5 Å². The predicted octanol–water partition coefficient (Wildman–Crippen LogP) is 0.209. The zero-order valence-corrected chi connectivity index (χ0v) is 19.7. The molecule has 0 aromatic heterocycles. The zero-order chi connectivity index (χ0) is 16.4. The van der Waals surface area contributed by atoms with Crippen molar-refractivity contribution < 1.29 is 51.0 Å². The number of halogens is 2. The minimum Gasteiger partial charge on any atom is -1.00 e. The Labute approximate surface area is 189 Å². The second-order valence-electron chi connectivity index (χ2n) is 6.74. The molecule has 0 saturated heterocycles. The van der Waals surface area contributed by atoms with E-state index in [4.69, 9.17) is 0 Å². The first-order valence-electron chi connectivity index (χ1n) is 8.38. The van der Waals surface area contributed by atoms with Crippen molar-refractivity contribution in [3.05, 3.63) is 88.5 Å². The molecule has 134 valence electrons. The van der Waals surface area contributed by atoms with Crippen molar-refractivity contribution in [3.63, 3.8) is 0 Å². The molecule has 26 heavy (non-hydrogen) atoms. The van der Waals surface area contributed by atoms with Crippen LogP contribution in [0.5, 0.6) is 0 Å². The third-order valence-electron chi connectivity index (χ3n) is 4.45. The molecule has 0 unspecified atom stereocenters. The van der Waals surface area contributed by atoms with Gasteiger partial charge in [0.25, 0.3) is 0 Å². The number of hydrogen-bond donors (Lipinski definition) is 0. The largest absolute Gasteiger partial charge is 4.00 e. The van der Waals surface area contributed by atoms with Gasteiger partial charge < -0.3 is 24.8 Å². The molecule has 3 aromatic rings. The maximum atomic E-state index is 3.45. The van der Waals surface area contributed by atoms with Crippen LogP contribution in [0.25, 0.3) is 11.1 Å². The first-order valence-corrected chi connectivity index (χ1v) is 8.38. The van der Waals surface area contributed by atoms with E-state index in [0.29, 0.717) is 5.92 Å². The fraction of sp³-hybridized carbons (Fsp3) is 0.261. The van der Waals surface area contributed by atoms with Gasteiger partial charge in [-0.3, -0.25) is 0 Å². The summed E-state index contributed by atoms with van der Waals surface area (Å²) in [4.78, 5) is 0. The second-order valence-corrected chi connectivity index (χ2v) is 6.74. The standard InChI is InChI=1S/C15H13.C8H11.2ClH.Zr/c1-10-3-5-14-12(7-10)9-13-8-11(2)4-6-15(13)14;1-7(2)8-5-3-4-6-8;;;/h3-7H,9H2,1-2H3;3-7H,1-2H3;2*1H;/q2*-1;;;+4/p-2. The number of fused-ring (bicyclic) bond motifs is 3. The maximum absolute atomic E-state index is 3.45. The van der Waals surface area contributed by atoms with E-state index in [1.807, 2.05) is 0 Å². The van der Waals surface area contributed by atoms with E-state index in [9.17, 15) is 0 Å². The first-order chi connectivity index (χ1) is 11.0. The van der Waals surface area contributed by atoms with E-state index in [0.717, 1.165) is 6.42 Å². The Morgan fingerprint density at radius 2 is 1.65 bits per heavy atom. The van der Waals surface area contributed by atoms with Crippen LogP contribution in [0.2, 0.25) is 0 Å². The fourth-order valence-electron chi connectivity index (χ4n) is 3.14. The average molecular weight is 463 g/mol. The summed E-state index contributed by atoms with van der Waals surface area (Å²) in [6, 6.07) is 23.0. The number of aryl methyl sites for hydroxylation is 2. The van der Waals surface area contributed by atoms with Crippen LogP contribution in [0.1, 0.15) is 47.6 Å². The molecule has 0 spiro atoms. The van der Waals surface area contributed by atoms with Gasteiger partial charge in [0.2, 0.25) is 0 Å². The SMILES string of the molecule is CC(C)c1ccc[cH-]1.Cc1[c-]c2c(cc1)-c1ccc(C)cc1C2.[Cl-].[Cl-].[Zr+4]. The van der Waals surface area contributed by atoms with Crippen LogP contribution < -0.4 is 24.8 Å². The Bertz CT molecular complexity index is 756. The Hall–Kier alpha value is -0.747. The molecule has 0 fully saturated rings. The summed E-state index contributed by atoms with van der Waals surface area (Å²) in [5, 5.41) is 0. The Morgan fingerprint density at radius 3 is 2.23 bits per heavy atom. The minimum absolute atomic E-state index is 0. The summed E-state index contributed by atoms with van der Waals surface area (Å²) >= 11 is 0. The summed E-state index contributed by atoms with van der Waals surface area (Å²) in [6.07, 6.45) is 1.05. The molecule has 1 aliphatic rings. The quantitative estimate of drug-likeness (QED) is 0.355. The average Bonchev–Trinajstić information content (AvgIpc) is 3.14. The molecule has 0 saturated carbocycles. The molecule has 4 rings (SSSR count). The van der Waals surface area contributed by atoms with Crippen molar-refractivity contribution in [1.29, 1.82) is 0 Å².